The lowest BCUT2D eigenvalue weighted by molar-refractivity contribution is -0.161. The Kier molecular flexibility index (Phi) is 53.4. The number of rotatable bonds is 54. The van der Waals surface area contributed by atoms with E-state index in [9.17, 15) is 28.9 Å². The number of aliphatic hydroxyl groups is 1. The van der Waals surface area contributed by atoms with Crippen LogP contribution in [0.2, 0.25) is 0 Å². The van der Waals surface area contributed by atoms with Gasteiger partial charge in [-0.1, -0.05) is 234 Å². The maximum atomic E-state index is 12.9. The molecule has 0 aliphatic rings. The smallest absolute Gasteiger partial charge is 0.462 e. The number of allylic oxidation sites excluding steroid dienone is 14. The predicted octanol–water partition coefficient (Wildman–Crippen LogP) is 17.5. The molecule has 0 aliphatic heterocycles. The highest BCUT2D eigenvalue weighted by Gasteiger charge is 2.28. The van der Waals surface area contributed by atoms with Gasteiger partial charge in [0.1, 0.15) is 12.7 Å². The molecule has 0 saturated heterocycles. The molecule has 3 atom stereocenters. The zero-order valence-electron chi connectivity index (χ0n) is 47.0. The second-order valence-electron chi connectivity index (χ2n) is 19.4. The highest BCUT2D eigenvalue weighted by Crippen LogP contribution is 2.43. The summed E-state index contributed by atoms with van der Waals surface area (Å²) in [4.78, 5) is 48.5. The maximum absolute atomic E-state index is 12.9. The fraction of sp³-hybridized carbons (Fsp3) is 0.726. The summed E-state index contributed by atoms with van der Waals surface area (Å²) in [7, 11) is -4.77. The summed E-state index contributed by atoms with van der Waals surface area (Å²) >= 11 is 0. The first-order chi connectivity index (χ1) is 36.2. The molecule has 0 bridgehead atoms. The number of ether oxygens (including phenoxy) is 3. The zero-order valence-corrected chi connectivity index (χ0v) is 47.9. The fourth-order valence-corrected chi connectivity index (χ4v) is 8.63. The SMILES string of the molecule is CC/C=C\C/C=C\C/C=C\C/C=C\C/C=C\C/C=C\CCC(=O)OCC(COP(=O)(O)OCC(CO)OC(=O)CCCCCCCCCCCCCCC)OC(=O)CCCCCCC/C=C\CCCCCCCC. The van der Waals surface area contributed by atoms with Crippen LogP contribution < -0.4 is 0 Å². The van der Waals surface area contributed by atoms with E-state index in [0.29, 0.717) is 19.3 Å². The molecular formula is C62H107O11P. The van der Waals surface area contributed by atoms with E-state index >= 15 is 0 Å². The molecule has 11 nitrogen and oxygen atoms in total. The van der Waals surface area contributed by atoms with Crippen LogP contribution in [-0.2, 0) is 42.2 Å². The van der Waals surface area contributed by atoms with Gasteiger partial charge < -0.3 is 24.2 Å². The summed E-state index contributed by atoms with van der Waals surface area (Å²) in [5.41, 5.74) is 0. The Labute approximate surface area is 451 Å². The third-order valence-electron chi connectivity index (χ3n) is 12.3. The average molecular weight is 1060 g/mol. The summed E-state index contributed by atoms with van der Waals surface area (Å²) < 4.78 is 39.4. The van der Waals surface area contributed by atoms with Gasteiger partial charge in [-0.2, -0.15) is 0 Å². The number of unbranched alkanes of at least 4 members (excludes halogenated alkanes) is 23. The van der Waals surface area contributed by atoms with Crippen molar-refractivity contribution in [2.24, 2.45) is 0 Å². The number of carbonyl (C=O) groups is 3. The van der Waals surface area contributed by atoms with Crippen LogP contribution in [0.25, 0.3) is 0 Å². The molecule has 0 radical (unpaired) electrons. The van der Waals surface area contributed by atoms with Crippen molar-refractivity contribution in [2.75, 3.05) is 26.4 Å². The molecule has 12 heteroatoms. The van der Waals surface area contributed by atoms with Gasteiger partial charge in [0.15, 0.2) is 6.10 Å². The largest absolute Gasteiger partial charge is 0.472 e. The van der Waals surface area contributed by atoms with Gasteiger partial charge in [0.2, 0.25) is 0 Å². The Morgan fingerprint density at radius 1 is 0.392 bits per heavy atom. The van der Waals surface area contributed by atoms with E-state index < -0.39 is 57.8 Å². The minimum Gasteiger partial charge on any atom is -0.462 e. The van der Waals surface area contributed by atoms with Crippen molar-refractivity contribution >= 4 is 25.7 Å². The molecule has 74 heavy (non-hydrogen) atoms. The Bertz CT molecular complexity index is 1560. The minimum absolute atomic E-state index is 0.0981. The van der Waals surface area contributed by atoms with Gasteiger partial charge in [0.25, 0.3) is 0 Å². The molecule has 0 aromatic rings. The molecule has 0 rings (SSSR count). The molecule has 0 fully saturated rings. The number of hydrogen-bond acceptors (Lipinski definition) is 10. The van der Waals surface area contributed by atoms with Gasteiger partial charge in [-0.25, -0.2) is 4.57 Å². The van der Waals surface area contributed by atoms with Gasteiger partial charge in [0.05, 0.1) is 19.8 Å². The van der Waals surface area contributed by atoms with E-state index in [1.807, 2.05) is 12.2 Å². The van der Waals surface area contributed by atoms with Crippen molar-refractivity contribution in [1.82, 2.24) is 0 Å². The zero-order chi connectivity index (χ0) is 54.1. The van der Waals surface area contributed by atoms with Crippen LogP contribution in [0, 0.1) is 0 Å². The monoisotopic (exact) mass is 1060 g/mol. The Balaban J connectivity index is 4.83. The van der Waals surface area contributed by atoms with Crippen molar-refractivity contribution < 1.29 is 52.2 Å². The Hall–Kier alpha value is -3.34. The first-order valence-electron chi connectivity index (χ1n) is 29.5. The lowest BCUT2D eigenvalue weighted by Gasteiger charge is -2.21. The highest BCUT2D eigenvalue weighted by atomic mass is 31.2. The lowest BCUT2D eigenvalue weighted by Crippen LogP contribution is -2.30. The maximum Gasteiger partial charge on any atom is 0.472 e. The summed E-state index contributed by atoms with van der Waals surface area (Å²) in [6, 6.07) is 0. The molecule has 2 N–H and O–H groups in total. The van der Waals surface area contributed by atoms with Crippen LogP contribution in [0.4, 0.5) is 0 Å². The van der Waals surface area contributed by atoms with E-state index in [0.717, 1.165) is 96.3 Å². The summed E-state index contributed by atoms with van der Waals surface area (Å²) in [6.45, 7) is 4.44. The number of hydrogen-bond donors (Lipinski definition) is 2. The summed E-state index contributed by atoms with van der Waals surface area (Å²) in [5.74, 6) is -1.57. The standard InChI is InChI=1S/C62H107O11P/c1-4-7-10-13-16-19-22-25-27-28-29-30-32-34-36-39-42-45-48-51-60(64)69-55-59(73-62(66)53-50-47-44-41-38-35-31-26-23-20-17-14-11-8-5-2)57-71-74(67,68)70-56-58(54-63)72-61(65)52-49-46-43-40-37-33-24-21-18-15-12-9-6-3/h7,10,16,19,25-27,29-31,34,36,42,45,58-59,63H,4-6,8-9,11-15,17-18,20-24,28,32-33,35,37-41,43-44,46-57H2,1-3H3,(H,67,68)/b10-7-,19-16-,27-25-,30-29-,31-26-,36-34-,45-42-. The average Bonchev–Trinajstić information content (AvgIpc) is 3.39. The predicted molar refractivity (Wildman–Crippen MR) is 307 cm³/mol. The Morgan fingerprint density at radius 2 is 0.730 bits per heavy atom. The molecule has 0 amide bonds. The lowest BCUT2D eigenvalue weighted by atomic mass is 10.0. The molecule has 0 aromatic carbocycles. The molecule has 0 heterocycles. The molecule has 0 saturated carbocycles. The van der Waals surface area contributed by atoms with Crippen molar-refractivity contribution in [3.63, 3.8) is 0 Å². The van der Waals surface area contributed by atoms with E-state index in [2.05, 4.69) is 93.7 Å². The van der Waals surface area contributed by atoms with Crippen LogP contribution in [0.15, 0.2) is 85.1 Å². The third-order valence-corrected chi connectivity index (χ3v) is 13.3. The third kappa shape index (κ3) is 53.5. The second-order valence-corrected chi connectivity index (χ2v) is 20.9. The van der Waals surface area contributed by atoms with E-state index in [1.54, 1.807) is 0 Å². The molecule has 426 valence electrons. The first-order valence-corrected chi connectivity index (χ1v) is 31.0. The van der Waals surface area contributed by atoms with E-state index in [4.69, 9.17) is 23.3 Å². The number of esters is 3. The number of carbonyl (C=O) groups excluding carboxylic acids is 3. The van der Waals surface area contributed by atoms with Crippen molar-refractivity contribution in [3.05, 3.63) is 85.1 Å². The van der Waals surface area contributed by atoms with Crippen molar-refractivity contribution in [2.45, 2.75) is 264 Å². The molecular weight excluding hydrogens is 952 g/mol. The van der Waals surface area contributed by atoms with Gasteiger partial charge in [-0.05, 0) is 83.5 Å². The van der Waals surface area contributed by atoms with Gasteiger partial charge in [0, 0.05) is 19.3 Å². The van der Waals surface area contributed by atoms with E-state index in [-0.39, 0.29) is 25.9 Å². The quantitative estimate of drug-likeness (QED) is 0.0197. The number of aliphatic hydroxyl groups excluding tert-OH is 1. The van der Waals surface area contributed by atoms with Gasteiger partial charge in [-0.15, -0.1) is 0 Å². The van der Waals surface area contributed by atoms with Crippen LogP contribution in [0.5, 0.6) is 0 Å². The van der Waals surface area contributed by atoms with Crippen LogP contribution >= 0.6 is 7.82 Å². The summed E-state index contributed by atoms with van der Waals surface area (Å²) in [5, 5.41) is 9.81. The molecule has 0 spiro atoms. The number of phosphoric ester groups is 1. The fourth-order valence-electron chi connectivity index (χ4n) is 7.85. The number of phosphoric acid groups is 1. The van der Waals surface area contributed by atoms with E-state index in [1.165, 1.54) is 96.3 Å². The Morgan fingerprint density at radius 3 is 1.14 bits per heavy atom. The van der Waals surface area contributed by atoms with Crippen LogP contribution in [-0.4, -0.2) is 66.5 Å². The summed E-state index contributed by atoms with van der Waals surface area (Å²) in [6.07, 6.45) is 64.1. The van der Waals surface area contributed by atoms with Crippen molar-refractivity contribution in [3.8, 4) is 0 Å². The normalized spacial score (nSPS) is 14.0. The molecule has 0 aromatic heterocycles. The van der Waals surface area contributed by atoms with Crippen LogP contribution in [0.1, 0.15) is 252 Å². The molecule has 3 unspecified atom stereocenters. The van der Waals surface area contributed by atoms with Gasteiger partial charge >= 0.3 is 25.7 Å². The molecule has 0 aliphatic carbocycles. The topological polar surface area (TPSA) is 155 Å². The first kappa shape index (κ1) is 70.7. The van der Waals surface area contributed by atoms with Gasteiger partial charge in [-0.3, -0.25) is 23.4 Å². The van der Waals surface area contributed by atoms with Crippen molar-refractivity contribution in [1.29, 1.82) is 0 Å². The highest BCUT2D eigenvalue weighted by molar-refractivity contribution is 7.47. The van der Waals surface area contributed by atoms with Crippen LogP contribution in [0.3, 0.4) is 0 Å². The minimum atomic E-state index is -4.77. The second kappa shape index (κ2) is 55.9.